The van der Waals surface area contributed by atoms with Gasteiger partial charge in [-0.3, -0.25) is 19.4 Å². The average Bonchev–Trinajstić information content (AvgIpc) is 2.78. The molecule has 7 nitrogen and oxygen atoms in total. The Bertz CT molecular complexity index is 422. The van der Waals surface area contributed by atoms with Gasteiger partial charge in [0, 0.05) is 31.7 Å². The Morgan fingerprint density at radius 2 is 1.91 bits per heavy atom. The first-order valence-corrected chi connectivity index (χ1v) is 8.42. The van der Waals surface area contributed by atoms with E-state index in [9.17, 15) is 9.59 Å². The first kappa shape index (κ1) is 18.2. The van der Waals surface area contributed by atoms with Crippen LogP contribution in [0.4, 0.5) is 0 Å². The number of likely N-dealkylation sites (N-methyl/N-ethyl adjacent to an activating group) is 1. The molecule has 132 valence electrons. The maximum absolute atomic E-state index is 12.6. The Kier molecular flexibility index (Phi) is 6.38. The fourth-order valence-electron chi connectivity index (χ4n) is 3.52. The van der Waals surface area contributed by atoms with Crippen molar-refractivity contribution in [1.82, 2.24) is 14.7 Å². The number of rotatable bonds is 6. The largest absolute Gasteiger partial charge is 0.480 e. The number of carbonyl (C=O) groups excluding carboxylic acids is 1. The fourth-order valence-corrected chi connectivity index (χ4v) is 3.52. The Labute approximate surface area is 138 Å². The minimum absolute atomic E-state index is 0.0172. The molecule has 7 heteroatoms. The lowest BCUT2D eigenvalue weighted by Gasteiger charge is -2.36. The van der Waals surface area contributed by atoms with Gasteiger partial charge in [0.2, 0.25) is 5.91 Å². The zero-order valence-electron chi connectivity index (χ0n) is 14.4. The van der Waals surface area contributed by atoms with Gasteiger partial charge < -0.3 is 14.7 Å². The molecule has 0 aromatic rings. The van der Waals surface area contributed by atoms with E-state index in [4.69, 9.17) is 9.84 Å². The molecule has 2 rings (SSSR count). The van der Waals surface area contributed by atoms with Crippen molar-refractivity contribution in [3.63, 3.8) is 0 Å². The summed E-state index contributed by atoms with van der Waals surface area (Å²) in [4.78, 5) is 29.2. The standard InChI is InChI=1S/C16H29N3O4/c1-12-4-5-13(2)19(12)10-15(20)18-6-7-23-14(9-18)8-17(3)11-16(21)22/h12-14H,4-11H2,1-3H3,(H,21,22). The molecular formula is C16H29N3O4. The number of morpholine rings is 1. The zero-order chi connectivity index (χ0) is 17.0. The number of nitrogens with zero attached hydrogens (tertiary/aromatic N) is 3. The molecule has 2 aliphatic heterocycles. The summed E-state index contributed by atoms with van der Waals surface area (Å²) in [6.07, 6.45) is 2.19. The highest BCUT2D eigenvalue weighted by atomic mass is 16.5. The minimum atomic E-state index is -0.853. The predicted molar refractivity (Wildman–Crippen MR) is 86.3 cm³/mol. The zero-order valence-corrected chi connectivity index (χ0v) is 14.4. The van der Waals surface area contributed by atoms with Crippen LogP contribution in [0.25, 0.3) is 0 Å². The number of likely N-dealkylation sites (tertiary alicyclic amines) is 1. The van der Waals surface area contributed by atoms with Crippen LogP contribution < -0.4 is 0 Å². The average molecular weight is 327 g/mol. The molecule has 2 aliphatic rings. The molecule has 2 fully saturated rings. The maximum Gasteiger partial charge on any atom is 0.317 e. The van der Waals surface area contributed by atoms with Gasteiger partial charge in [-0.25, -0.2) is 0 Å². The number of carbonyl (C=O) groups is 2. The monoisotopic (exact) mass is 327 g/mol. The van der Waals surface area contributed by atoms with Crippen LogP contribution in [-0.2, 0) is 14.3 Å². The van der Waals surface area contributed by atoms with E-state index in [1.165, 1.54) is 0 Å². The second-order valence-electron chi connectivity index (χ2n) is 6.87. The Morgan fingerprint density at radius 3 is 2.52 bits per heavy atom. The number of aliphatic carboxylic acids is 1. The van der Waals surface area contributed by atoms with Gasteiger partial charge in [-0.2, -0.15) is 0 Å². The molecule has 23 heavy (non-hydrogen) atoms. The summed E-state index contributed by atoms with van der Waals surface area (Å²) in [5, 5.41) is 8.81. The molecule has 0 bridgehead atoms. The van der Waals surface area contributed by atoms with Crippen molar-refractivity contribution >= 4 is 11.9 Å². The van der Waals surface area contributed by atoms with Crippen LogP contribution in [0.1, 0.15) is 26.7 Å². The van der Waals surface area contributed by atoms with E-state index >= 15 is 0 Å². The van der Waals surface area contributed by atoms with Gasteiger partial charge in [0.1, 0.15) is 0 Å². The number of carboxylic acid groups (broad SMARTS) is 1. The van der Waals surface area contributed by atoms with Gasteiger partial charge in [-0.05, 0) is 33.7 Å². The summed E-state index contributed by atoms with van der Waals surface area (Å²) in [7, 11) is 1.76. The second-order valence-corrected chi connectivity index (χ2v) is 6.87. The third-order valence-electron chi connectivity index (χ3n) is 4.86. The number of hydrogen-bond acceptors (Lipinski definition) is 5. The van der Waals surface area contributed by atoms with Crippen molar-refractivity contribution in [2.45, 2.75) is 44.9 Å². The topological polar surface area (TPSA) is 73.3 Å². The summed E-state index contributed by atoms with van der Waals surface area (Å²) in [5.41, 5.74) is 0. The van der Waals surface area contributed by atoms with Crippen molar-refractivity contribution in [3.05, 3.63) is 0 Å². The van der Waals surface area contributed by atoms with Crippen molar-refractivity contribution in [3.8, 4) is 0 Å². The predicted octanol–water partition coefficient (Wildman–Crippen LogP) is 0.103. The van der Waals surface area contributed by atoms with Crippen LogP contribution in [-0.4, -0.2) is 96.2 Å². The molecule has 0 aromatic heterocycles. The Morgan fingerprint density at radius 1 is 1.26 bits per heavy atom. The van der Waals surface area contributed by atoms with Gasteiger partial charge in [0.05, 0.1) is 25.8 Å². The van der Waals surface area contributed by atoms with Crippen LogP contribution in [0.2, 0.25) is 0 Å². The Hall–Kier alpha value is -1.18. The molecular weight excluding hydrogens is 298 g/mol. The maximum atomic E-state index is 12.6. The number of ether oxygens (including phenoxy) is 1. The van der Waals surface area contributed by atoms with E-state index in [0.29, 0.717) is 44.9 Å². The molecule has 0 saturated carbocycles. The molecule has 3 atom stereocenters. The summed E-state index contributed by atoms with van der Waals surface area (Å²) in [6.45, 7) is 7.01. The van der Waals surface area contributed by atoms with Crippen LogP contribution >= 0.6 is 0 Å². The third kappa shape index (κ3) is 5.16. The summed E-state index contributed by atoms with van der Waals surface area (Å²) in [5.74, 6) is -0.701. The third-order valence-corrected chi connectivity index (χ3v) is 4.86. The Balaban J connectivity index is 1.82. The van der Waals surface area contributed by atoms with E-state index in [-0.39, 0.29) is 18.6 Å². The lowest BCUT2D eigenvalue weighted by molar-refractivity contribution is -0.143. The molecule has 1 amide bonds. The van der Waals surface area contributed by atoms with Crippen molar-refractivity contribution in [2.75, 3.05) is 46.4 Å². The quantitative estimate of drug-likeness (QED) is 0.746. The molecule has 0 aromatic carbocycles. The van der Waals surface area contributed by atoms with Crippen LogP contribution in [0.3, 0.4) is 0 Å². The second kappa shape index (κ2) is 8.08. The first-order valence-electron chi connectivity index (χ1n) is 8.42. The molecule has 3 unspecified atom stereocenters. The minimum Gasteiger partial charge on any atom is -0.480 e. The smallest absolute Gasteiger partial charge is 0.317 e. The van der Waals surface area contributed by atoms with E-state index < -0.39 is 5.97 Å². The van der Waals surface area contributed by atoms with Crippen LogP contribution in [0.5, 0.6) is 0 Å². The summed E-state index contributed by atoms with van der Waals surface area (Å²) < 4.78 is 5.68. The van der Waals surface area contributed by atoms with E-state index in [1.807, 2.05) is 4.90 Å². The summed E-state index contributed by atoms with van der Waals surface area (Å²) >= 11 is 0. The first-order chi connectivity index (χ1) is 10.9. The van der Waals surface area contributed by atoms with Crippen molar-refractivity contribution in [2.24, 2.45) is 0 Å². The summed E-state index contributed by atoms with van der Waals surface area (Å²) in [6, 6.07) is 0.931. The highest BCUT2D eigenvalue weighted by Gasteiger charge is 2.32. The van der Waals surface area contributed by atoms with Gasteiger partial charge in [0.25, 0.3) is 0 Å². The van der Waals surface area contributed by atoms with E-state index in [2.05, 4.69) is 18.7 Å². The molecule has 1 N–H and O–H groups in total. The van der Waals surface area contributed by atoms with E-state index in [0.717, 1.165) is 12.8 Å². The van der Waals surface area contributed by atoms with E-state index in [1.54, 1.807) is 11.9 Å². The number of hydrogen-bond donors (Lipinski definition) is 1. The highest BCUT2D eigenvalue weighted by molar-refractivity contribution is 5.78. The van der Waals surface area contributed by atoms with Crippen molar-refractivity contribution < 1.29 is 19.4 Å². The fraction of sp³-hybridized carbons (Fsp3) is 0.875. The van der Waals surface area contributed by atoms with Gasteiger partial charge in [0.15, 0.2) is 0 Å². The molecule has 2 saturated heterocycles. The van der Waals surface area contributed by atoms with Crippen LogP contribution in [0, 0.1) is 0 Å². The van der Waals surface area contributed by atoms with Crippen LogP contribution in [0.15, 0.2) is 0 Å². The molecule has 0 radical (unpaired) electrons. The SMILES string of the molecule is CC1CCC(C)N1CC(=O)N1CCOC(CN(C)CC(=O)O)C1. The molecule has 2 heterocycles. The van der Waals surface area contributed by atoms with Crippen molar-refractivity contribution in [1.29, 1.82) is 0 Å². The molecule has 0 aliphatic carbocycles. The van der Waals surface area contributed by atoms with Gasteiger partial charge in [-0.15, -0.1) is 0 Å². The van der Waals surface area contributed by atoms with Gasteiger partial charge in [-0.1, -0.05) is 0 Å². The highest BCUT2D eigenvalue weighted by Crippen LogP contribution is 2.23. The lowest BCUT2D eigenvalue weighted by atomic mass is 10.2. The van der Waals surface area contributed by atoms with Gasteiger partial charge >= 0.3 is 5.97 Å². The lowest BCUT2D eigenvalue weighted by Crippen LogP contribution is -2.52. The normalized spacial score (nSPS) is 29.2. The molecule has 0 spiro atoms. The number of carboxylic acids is 1. The number of amides is 1.